The normalized spacial score (nSPS) is 11.4. The van der Waals surface area contributed by atoms with Crippen LogP contribution in [-0.2, 0) is 10.0 Å². The van der Waals surface area contributed by atoms with E-state index in [1.165, 1.54) is 18.3 Å². The van der Waals surface area contributed by atoms with Crippen molar-refractivity contribution in [1.29, 1.82) is 0 Å². The Labute approximate surface area is 122 Å². The Morgan fingerprint density at radius 1 is 1.19 bits per heavy atom. The van der Waals surface area contributed by atoms with Gasteiger partial charge in [-0.3, -0.25) is 4.72 Å². The summed E-state index contributed by atoms with van der Waals surface area (Å²) in [6, 6.07) is 7.70. The number of hydrogen-bond donors (Lipinski definition) is 1. The number of sulfonamides is 1. The quantitative estimate of drug-likeness (QED) is 0.922. The molecule has 2 rings (SSSR count). The molecule has 0 atom stereocenters. The SMILES string of the molecule is CC(C)Oc1ncccc1NS(=O)(=O)c1ccc(F)cc1. The van der Waals surface area contributed by atoms with E-state index >= 15 is 0 Å². The highest BCUT2D eigenvalue weighted by Crippen LogP contribution is 2.25. The number of anilines is 1. The summed E-state index contributed by atoms with van der Waals surface area (Å²) < 4.78 is 45.2. The molecular weight excluding hydrogens is 295 g/mol. The molecule has 1 aromatic heterocycles. The number of ether oxygens (including phenoxy) is 1. The van der Waals surface area contributed by atoms with Crippen molar-refractivity contribution in [3.8, 4) is 5.88 Å². The van der Waals surface area contributed by atoms with Crippen molar-refractivity contribution in [2.45, 2.75) is 24.8 Å². The highest BCUT2D eigenvalue weighted by molar-refractivity contribution is 7.92. The van der Waals surface area contributed by atoms with Gasteiger partial charge >= 0.3 is 0 Å². The van der Waals surface area contributed by atoms with Crippen LogP contribution in [0.5, 0.6) is 5.88 Å². The van der Waals surface area contributed by atoms with E-state index in [-0.39, 0.29) is 22.6 Å². The zero-order valence-electron chi connectivity index (χ0n) is 11.6. The minimum absolute atomic E-state index is 0.0387. The third-order valence-electron chi connectivity index (χ3n) is 2.49. The lowest BCUT2D eigenvalue weighted by atomic mass is 10.4. The molecule has 0 unspecified atom stereocenters. The summed E-state index contributed by atoms with van der Waals surface area (Å²) in [5.41, 5.74) is 0.232. The Bertz CT molecular complexity index is 715. The number of nitrogens with one attached hydrogen (secondary N) is 1. The van der Waals surface area contributed by atoms with Gasteiger partial charge in [0.25, 0.3) is 10.0 Å². The second-order valence-electron chi connectivity index (χ2n) is 4.58. The molecule has 0 bridgehead atoms. The zero-order valence-corrected chi connectivity index (χ0v) is 12.4. The molecule has 112 valence electrons. The maximum Gasteiger partial charge on any atom is 0.262 e. The number of rotatable bonds is 5. The van der Waals surface area contributed by atoms with Crippen LogP contribution in [0.3, 0.4) is 0 Å². The van der Waals surface area contributed by atoms with Crippen LogP contribution in [0.1, 0.15) is 13.8 Å². The standard InChI is InChI=1S/C14H15FN2O3S/c1-10(2)20-14-13(4-3-9-16-14)17-21(18,19)12-7-5-11(15)6-8-12/h3-10,17H,1-2H3. The zero-order chi connectivity index (χ0) is 15.5. The maximum atomic E-state index is 12.9. The molecule has 21 heavy (non-hydrogen) atoms. The Hall–Kier alpha value is -2.15. The third-order valence-corrected chi connectivity index (χ3v) is 3.87. The molecule has 0 saturated carbocycles. The number of pyridine rings is 1. The molecule has 1 N–H and O–H groups in total. The highest BCUT2D eigenvalue weighted by Gasteiger charge is 2.17. The Morgan fingerprint density at radius 2 is 1.86 bits per heavy atom. The molecular formula is C14H15FN2O3S. The molecule has 0 aliphatic heterocycles. The highest BCUT2D eigenvalue weighted by atomic mass is 32.2. The van der Waals surface area contributed by atoms with Crippen molar-refractivity contribution in [2.75, 3.05) is 4.72 Å². The summed E-state index contributed by atoms with van der Waals surface area (Å²) >= 11 is 0. The monoisotopic (exact) mass is 310 g/mol. The largest absolute Gasteiger partial charge is 0.473 e. The van der Waals surface area contributed by atoms with E-state index in [1.807, 2.05) is 13.8 Å². The first-order chi connectivity index (χ1) is 9.88. The second-order valence-corrected chi connectivity index (χ2v) is 6.26. The Morgan fingerprint density at radius 3 is 2.48 bits per heavy atom. The number of halogens is 1. The van der Waals surface area contributed by atoms with Crippen molar-refractivity contribution < 1.29 is 17.5 Å². The van der Waals surface area contributed by atoms with Crippen molar-refractivity contribution in [3.05, 3.63) is 48.4 Å². The number of benzene rings is 1. The molecule has 0 saturated heterocycles. The van der Waals surface area contributed by atoms with Gasteiger partial charge in [-0.1, -0.05) is 0 Å². The van der Waals surface area contributed by atoms with E-state index in [2.05, 4.69) is 9.71 Å². The van der Waals surface area contributed by atoms with Crippen LogP contribution in [0, 0.1) is 5.82 Å². The molecule has 0 radical (unpaired) electrons. The van der Waals surface area contributed by atoms with Gasteiger partial charge in [-0.15, -0.1) is 0 Å². The van der Waals surface area contributed by atoms with E-state index in [0.29, 0.717) is 0 Å². The molecule has 2 aromatic rings. The average molecular weight is 310 g/mol. The van der Waals surface area contributed by atoms with Crippen LogP contribution in [0.4, 0.5) is 10.1 Å². The summed E-state index contributed by atoms with van der Waals surface area (Å²) in [4.78, 5) is 3.96. The van der Waals surface area contributed by atoms with Gasteiger partial charge in [-0.05, 0) is 50.2 Å². The summed E-state index contributed by atoms with van der Waals surface area (Å²) in [6.07, 6.45) is 1.36. The van der Waals surface area contributed by atoms with Crippen LogP contribution >= 0.6 is 0 Å². The lowest BCUT2D eigenvalue weighted by Crippen LogP contribution is -2.15. The number of nitrogens with zero attached hydrogens (tertiary/aromatic N) is 1. The van der Waals surface area contributed by atoms with Gasteiger partial charge in [0.15, 0.2) is 0 Å². The van der Waals surface area contributed by atoms with Crippen LogP contribution in [0.15, 0.2) is 47.5 Å². The average Bonchev–Trinajstić information content (AvgIpc) is 2.40. The van der Waals surface area contributed by atoms with E-state index in [0.717, 1.165) is 12.1 Å². The summed E-state index contributed by atoms with van der Waals surface area (Å²) in [7, 11) is -3.83. The number of aromatic nitrogens is 1. The fraction of sp³-hybridized carbons (Fsp3) is 0.214. The lowest BCUT2D eigenvalue weighted by Gasteiger charge is -2.14. The van der Waals surface area contributed by atoms with E-state index in [4.69, 9.17) is 4.74 Å². The van der Waals surface area contributed by atoms with Gasteiger partial charge in [-0.2, -0.15) is 0 Å². The van der Waals surface area contributed by atoms with E-state index in [1.54, 1.807) is 12.1 Å². The predicted molar refractivity (Wildman–Crippen MR) is 77.2 cm³/mol. The van der Waals surface area contributed by atoms with E-state index in [9.17, 15) is 12.8 Å². The first kappa shape index (κ1) is 15.2. The van der Waals surface area contributed by atoms with Gasteiger partial charge in [0, 0.05) is 6.20 Å². The Balaban J connectivity index is 2.30. The smallest absolute Gasteiger partial charge is 0.262 e. The molecule has 0 aliphatic rings. The van der Waals surface area contributed by atoms with Crippen LogP contribution in [-0.4, -0.2) is 19.5 Å². The molecule has 1 heterocycles. The van der Waals surface area contributed by atoms with Crippen LogP contribution in [0.2, 0.25) is 0 Å². The predicted octanol–water partition coefficient (Wildman–Crippen LogP) is 2.81. The second kappa shape index (κ2) is 6.09. The Kier molecular flexibility index (Phi) is 4.42. The molecule has 0 spiro atoms. The molecule has 5 nitrogen and oxygen atoms in total. The molecule has 0 fully saturated rings. The van der Waals surface area contributed by atoms with Gasteiger partial charge in [0.05, 0.1) is 11.0 Å². The van der Waals surface area contributed by atoms with Crippen LogP contribution in [0.25, 0.3) is 0 Å². The molecule has 7 heteroatoms. The minimum Gasteiger partial charge on any atom is -0.473 e. The third kappa shape index (κ3) is 3.91. The van der Waals surface area contributed by atoms with Gasteiger partial charge in [-0.25, -0.2) is 17.8 Å². The van der Waals surface area contributed by atoms with Crippen molar-refractivity contribution in [3.63, 3.8) is 0 Å². The van der Waals surface area contributed by atoms with Crippen molar-refractivity contribution in [2.24, 2.45) is 0 Å². The fourth-order valence-corrected chi connectivity index (χ4v) is 2.66. The summed E-state index contributed by atoms with van der Waals surface area (Å²) in [5, 5.41) is 0. The molecule has 1 aromatic carbocycles. The topological polar surface area (TPSA) is 68.3 Å². The number of hydrogen-bond acceptors (Lipinski definition) is 4. The van der Waals surface area contributed by atoms with Gasteiger partial charge in [0.1, 0.15) is 11.5 Å². The lowest BCUT2D eigenvalue weighted by molar-refractivity contribution is 0.234. The minimum atomic E-state index is -3.83. The van der Waals surface area contributed by atoms with E-state index < -0.39 is 15.8 Å². The fourth-order valence-electron chi connectivity index (χ4n) is 1.60. The van der Waals surface area contributed by atoms with Gasteiger partial charge < -0.3 is 4.74 Å². The van der Waals surface area contributed by atoms with Crippen molar-refractivity contribution >= 4 is 15.7 Å². The molecule has 0 amide bonds. The maximum absolute atomic E-state index is 12.9. The first-order valence-corrected chi connectivity index (χ1v) is 7.77. The molecule has 0 aliphatic carbocycles. The summed E-state index contributed by atoms with van der Waals surface area (Å²) in [5.74, 6) is -0.308. The first-order valence-electron chi connectivity index (χ1n) is 6.28. The van der Waals surface area contributed by atoms with Gasteiger partial charge in [0.2, 0.25) is 5.88 Å². The van der Waals surface area contributed by atoms with Crippen molar-refractivity contribution in [1.82, 2.24) is 4.98 Å². The van der Waals surface area contributed by atoms with Crippen LogP contribution < -0.4 is 9.46 Å². The summed E-state index contributed by atoms with van der Waals surface area (Å²) in [6.45, 7) is 3.62.